The highest BCUT2D eigenvalue weighted by atomic mass is 16.2. The Balaban J connectivity index is 1.52. The molecular weight excluding hydrogens is 398 g/mol. The maximum Gasteiger partial charge on any atom is 0.233 e. The number of benzene rings is 1. The fourth-order valence-corrected chi connectivity index (χ4v) is 6.05. The monoisotopic (exact) mass is 439 g/mol. The van der Waals surface area contributed by atoms with Gasteiger partial charge < -0.3 is 10.2 Å². The molecular formula is C27H41N3O2. The smallest absolute Gasteiger partial charge is 0.233 e. The predicted molar refractivity (Wildman–Crippen MR) is 128 cm³/mol. The highest BCUT2D eigenvalue weighted by Gasteiger charge is 2.52. The number of nitrogens with one attached hydrogen (secondary N) is 1. The maximum atomic E-state index is 13.7. The largest absolute Gasteiger partial charge is 0.354 e. The van der Waals surface area contributed by atoms with Gasteiger partial charge in [-0.05, 0) is 43.6 Å². The lowest BCUT2D eigenvalue weighted by molar-refractivity contribution is -0.134. The van der Waals surface area contributed by atoms with Crippen LogP contribution in [-0.2, 0) is 15.0 Å². The normalized spacial score (nSPS) is 24.1. The molecule has 0 radical (unpaired) electrons. The molecule has 1 aliphatic heterocycles. The first-order chi connectivity index (χ1) is 15.5. The van der Waals surface area contributed by atoms with E-state index in [4.69, 9.17) is 0 Å². The van der Waals surface area contributed by atoms with Gasteiger partial charge in [-0.1, -0.05) is 63.4 Å². The Bertz CT molecular complexity index is 781. The van der Waals surface area contributed by atoms with Gasteiger partial charge in [-0.25, -0.2) is 0 Å². The van der Waals surface area contributed by atoms with E-state index in [9.17, 15) is 9.59 Å². The van der Waals surface area contributed by atoms with Crippen LogP contribution >= 0.6 is 0 Å². The van der Waals surface area contributed by atoms with Crippen molar-refractivity contribution < 1.29 is 9.59 Å². The van der Waals surface area contributed by atoms with E-state index >= 15 is 0 Å². The van der Waals surface area contributed by atoms with Gasteiger partial charge in [0.2, 0.25) is 11.8 Å². The number of hydrogen-bond acceptors (Lipinski definition) is 3. The van der Waals surface area contributed by atoms with Gasteiger partial charge in [0.05, 0.1) is 5.41 Å². The molecule has 0 bridgehead atoms. The molecule has 1 saturated heterocycles. The fourth-order valence-electron chi connectivity index (χ4n) is 6.05. The molecule has 1 N–H and O–H groups in total. The van der Waals surface area contributed by atoms with Crippen LogP contribution in [0.1, 0.15) is 77.2 Å². The Kier molecular flexibility index (Phi) is 7.24. The second kappa shape index (κ2) is 9.94. The molecule has 176 valence electrons. The van der Waals surface area contributed by atoms with Crippen molar-refractivity contribution in [2.75, 3.05) is 32.7 Å². The summed E-state index contributed by atoms with van der Waals surface area (Å²) in [6.07, 6.45) is 9.38. The molecule has 1 spiro atoms. The summed E-state index contributed by atoms with van der Waals surface area (Å²) in [7, 11) is 0. The van der Waals surface area contributed by atoms with Crippen LogP contribution in [0.15, 0.2) is 30.3 Å². The van der Waals surface area contributed by atoms with Gasteiger partial charge in [0, 0.05) is 44.7 Å². The molecule has 4 rings (SSSR count). The van der Waals surface area contributed by atoms with Gasteiger partial charge in [0.1, 0.15) is 0 Å². The SMILES string of the molecule is CC(C)CN1CCCN(C(=O)C2(c3ccccc3)CC2)CCNC(=O)CC12CCCCC2. The number of carbonyl (C=O) groups is 2. The highest BCUT2D eigenvalue weighted by Crippen LogP contribution is 2.49. The van der Waals surface area contributed by atoms with Crippen LogP contribution in [0.25, 0.3) is 0 Å². The molecule has 3 fully saturated rings. The quantitative estimate of drug-likeness (QED) is 0.768. The van der Waals surface area contributed by atoms with Crippen LogP contribution in [0.5, 0.6) is 0 Å². The van der Waals surface area contributed by atoms with Crippen molar-refractivity contribution in [1.82, 2.24) is 15.1 Å². The molecule has 3 aliphatic rings. The zero-order valence-electron chi connectivity index (χ0n) is 20.1. The summed E-state index contributed by atoms with van der Waals surface area (Å²) >= 11 is 0. The van der Waals surface area contributed by atoms with E-state index in [1.165, 1.54) is 19.3 Å². The second-order valence-electron chi connectivity index (χ2n) is 10.7. The van der Waals surface area contributed by atoms with Crippen molar-refractivity contribution in [3.05, 3.63) is 35.9 Å². The summed E-state index contributed by atoms with van der Waals surface area (Å²) in [4.78, 5) is 31.3. The predicted octanol–water partition coefficient (Wildman–Crippen LogP) is 4.12. The van der Waals surface area contributed by atoms with Crippen LogP contribution in [0.4, 0.5) is 0 Å². The van der Waals surface area contributed by atoms with E-state index < -0.39 is 0 Å². The topological polar surface area (TPSA) is 52.6 Å². The first-order valence-corrected chi connectivity index (χ1v) is 12.8. The highest BCUT2D eigenvalue weighted by molar-refractivity contribution is 5.91. The number of rotatable bonds is 4. The number of carbonyl (C=O) groups excluding carboxylic acids is 2. The molecule has 1 heterocycles. The number of hydrogen-bond donors (Lipinski definition) is 1. The molecule has 2 amide bonds. The van der Waals surface area contributed by atoms with Gasteiger partial charge in [0.25, 0.3) is 0 Å². The maximum absolute atomic E-state index is 13.7. The average molecular weight is 440 g/mol. The Morgan fingerprint density at radius 1 is 0.969 bits per heavy atom. The summed E-state index contributed by atoms with van der Waals surface area (Å²) in [5, 5.41) is 3.16. The van der Waals surface area contributed by atoms with Crippen LogP contribution in [0, 0.1) is 5.92 Å². The standard InChI is InChI=1S/C27H41N3O2/c1-22(2)21-30-18-9-17-29(25(32)27(14-15-27)23-10-5-3-6-11-23)19-16-28-24(31)20-26(30)12-7-4-8-13-26/h3,5-6,10-11,22H,4,7-9,12-21H2,1-2H3,(H,28,31). The van der Waals surface area contributed by atoms with Gasteiger partial charge in [-0.15, -0.1) is 0 Å². The molecule has 0 aromatic heterocycles. The van der Waals surface area contributed by atoms with E-state index in [0.29, 0.717) is 25.4 Å². The number of nitrogens with zero attached hydrogens (tertiary/aromatic N) is 2. The van der Waals surface area contributed by atoms with Crippen molar-refractivity contribution >= 4 is 11.8 Å². The summed E-state index contributed by atoms with van der Waals surface area (Å²) in [5.41, 5.74) is 0.798. The zero-order valence-corrected chi connectivity index (χ0v) is 20.1. The van der Waals surface area contributed by atoms with E-state index in [0.717, 1.165) is 57.3 Å². The van der Waals surface area contributed by atoms with E-state index in [1.807, 2.05) is 23.1 Å². The van der Waals surface area contributed by atoms with Crippen molar-refractivity contribution in [3.63, 3.8) is 0 Å². The van der Waals surface area contributed by atoms with Crippen molar-refractivity contribution in [3.8, 4) is 0 Å². The molecule has 5 heteroatoms. The van der Waals surface area contributed by atoms with Gasteiger partial charge in [-0.2, -0.15) is 0 Å². The summed E-state index contributed by atoms with van der Waals surface area (Å²) < 4.78 is 0. The lowest BCUT2D eigenvalue weighted by Gasteiger charge is -2.47. The number of amides is 2. The molecule has 32 heavy (non-hydrogen) atoms. The van der Waals surface area contributed by atoms with Crippen LogP contribution in [0.3, 0.4) is 0 Å². The summed E-state index contributed by atoms with van der Waals surface area (Å²) in [6.45, 7) is 8.46. The van der Waals surface area contributed by atoms with E-state index in [1.54, 1.807) is 0 Å². The van der Waals surface area contributed by atoms with Crippen molar-refractivity contribution in [1.29, 1.82) is 0 Å². The molecule has 2 aliphatic carbocycles. The summed E-state index contributed by atoms with van der Waals surface area (Å²) in [5.74, 6) is 0.965. The van der Waals surface area contributed by atoms with Gasteiger partial charge in [-0.3, -0.25) is 14.5 Å². The lowest BCUT2D eigenvalue weighted by atomic mass is 9.77. The molecule has 5 nitrogen and oxygen atoms in total. The summed E-state index contributed by atoms with van der Waals surface area (Å²) in [6, 6.07) is 10.3. The third kappa shape index (κ3) is 5.03. The van der Waals surface area contributed by atoms with Crippen molar-refractivity contribution in [2.24, 2.45) is 5.92 Å². The van der Waals surface area contributed by atoms with E-state index in [2.05, 4.69) is 36.2 Å². The van der Waals surface area contributed by atoms with Gasteiger partial charge >= 0.3 is 0 Å². The molecule has 1 aromatic rings. The Morgan fingerprint density at radius 3 is 2.34 bits per heavy atom. The van der Waals surface area contributed by atoms with E-state index in [-0.39, 0.29) is 22.8 Å². The van der Waals surface area contributed by atoms with Gasteiger partial charge in [0.15, 0.2) is 0 Å². The minimum Gasteiger partial charge on any atom is -0.354 e. The second-order valence-corrected chi connectivity index (χ2v) is 10.7. The third-order valence-electron chi connectivity index (χ3n) is 7.86. The van der Waals surface area contributed by atoms with Crippen molar-refractivity contribution in [2.45, 2.75) is 82.6 Å². The Hall–Kier alpha value is -1.88. The third-order valence-corrected chi connectivity index (χ3v) is 7.86. The molecule has 0 atom stereocenters. The van der Waals surface area contributed by atoms with Crippen LogP contribution in [-0.4, -0.2) is 59.9 Å². The molecule has 1 aromatic carbocycles. The van der Waals surface area contributed by atoms with Crippen LogP contribution in [0.2, 0.25) is 0 Å². The van der Waals surface area contributed by atoms with Crippen LogP contribution < -0.4 is 5.32 Å². The lowest BCUT2D eigenvalue weighted by Crippen LogP contribution is -2.54. The zero-order chi connectivity index (χ0) is 22.6. The Morgan fingerprint density at radius 2 is 1.69 bits per heavy atom. The fraction of sp³-hybridized carbons (Fsp3) is 0.704. The Labute approximate surface area is 193 Å². The first-order valence-electron chi connectivity index (χ1n) is 12.8. The average Bonchev–Trinajstić information content (AvgIpc) is 3.59. The minimum absolute atomic E-state index is 0.00641. The molecule has 0 unspecified atom stereocenters. The first kappa shape index (κ1) is 23.3. The minimum atomic E-state index is -0.340. The molecule has 2 saturated carbocycles.